The fraction of sp³-hybridized carbons (Fsp3) is 0.556. The van der Waals surface area contributed by atoms with Crippen molar-refractivity contribution in [3.05, 3.63) is 34.4 Å². The normalized spacial score (nSPS) is 16.1. The molecule has 6 heteroatoms. The number of aromatic nitrogens is 3. The predicted octanol–water partition coefficient (Wildman–Crippen LogP) is 2.32. The van der Waals surface area contributed by atoms with Crippen LogP contribution < -0.4 is 5.56 Å². The third-order valence-corrected chi connectivity index (χ3v) is 4.52. The Morgan fingerprint density at radius 3 is 2.71 bits per heavy atom. The Hall–Kier alpha value is -2.24. The summed E-state index contributed by atoms with van der Waals surface area (Å²) in [6.07, 6.45) is 3.59. The number of nitrogens with zero attached hydrogens (tertiary/aromatic N) is 4. The molecule has 3 rings (SSSR count). The lowest BCUT2D eigenvalue weighted by Crippen LogP contribution is -2.42. The van der Waals surface area contributed by atoms with Crippen molar-refractivity contribution in [1.29, 1.82) is 0 Å². The summed E-state index contributed by atoms with van der Waals surface area (Å²) in [4.78, 5) is 36.1. The lowest BCUT2D eigenvalue weighted by atomic mass is 9.99. The van der Waals surface area contributed by atoms with Gasteiger partial charge in [0.05, 0.1) is 0 Å². The van der Waals surface area contributed by atoms with E-state index in [1.807, 2.05) is 13.8 Å². The molecule has 1 saturated heterocycles. The van der Waals surface area contributed by atoms with Gasteiger partial charge in [-0.2, -0.15) is 0 Å². The second-order valence-electron chi connectivity index (χ2n) is 7.09. The first kappa shape index (κ1) is 16.6. The number of fused-ring (bicyclic) bond motifs is 1. The molecule has 24 heavy (non-hydrogen) atoms. The van der Waals surface area contributed by atoms with Gasteiger partial charge in [0, 0.05) is 25.8 Å². The van der Waals surface area contributed by atoms with Gasteiger partial charge in [0.15, 0.2) is 11.3 Å². The molecule has 0 radical (unpaired) electrons. The number of carbonyl (C=O) groups excluding carboxylic acids is 1. The second kappa shape index (κ2) is 6.71. The van der Waals surface area contributed by atoms with Gasteiger partial charge in [-0.15, -0.1) is 0 Å². The Morgan fingerprint density at radius 1 is 1.33 bits per heavy atom. The number of carbonyl (C=O) groups is 1. The molecule has 1 fully saturated rings. The molecule has 0 aliphatic carbocycles. The number of likely N-dealkylation sites (tertiary alicyclic amines) is 1. The maximum absolute atomic E-state index is 12.9. The number of rotatable bonds is 3. The molecule has 0 spiro atoms. The van der Waals surface area contributed by atoms with Crippen LogP contribution in [0.2, 0.25) is 0 Å². The van der Waals surface area contributed by atoms with Crippen molar-refractivity contribution in [3.8, 4) is 0 Å². The third-order valence-electron chi connectivity index (χ3n) is 4.52. The summed E-state index contributed by atoms with van der Waals surface area (Å²) in [6.45, 7) is 8.17. The Kier molecular flexibility index (Phi) is 4.64. The third kappa shape index (κ3) is 3.18. The molecule has 1 aliphatic rings. The number of hydrogen-bond donors (Lipinski definition) is 0. The molecule has 1 amide bonds. The van der Waals surface area contributed by atoms with Crippen molar-refractivity contribution < 1.29 is 4.79 Å². The molecule has 0 aromatic carbocycles. The van der Waals surface area contributed by atoms with E-state index in [-0.39, 0.29) is 23.1 Å². The Balaban J connectivity index is 2.06. The molecule has 6 nitrogen and oxygen atoms in total. The minimum atomic E-state index is -0.335. The Morgan fingerprint density at radius 2 is 2.04 bits per heavy atom. The number of amides is 1. The van der Waals surface area contributed by atoms with Crippen molar-refractivity contribution in [3.63, 3.8) is 0 Å². The minimum Gasteiger partial charge on any atom is -0.337 e. The highest BCUT2D eigenvalue weighted by Crippen LogP contribution is 2.18. The summed E-state index contributed by atoms with van der Waals surface area (Å²) < 4.78 is 1.59. The lowest BCUT2D eigenvalue weighted by molar-refractivity contribution is 0.0689. The maximum Gasteiger partial charge on any atom is 0.283 e. The highest BCUT2D eigenvalue weighted by atomic mass is 16.2. The zero-order valence-electron chi connectivity index (χ0n) is 14.5. The average molecular weight is 328 g/mol. The van der Waals surface area contributed by atoms with Crippen molar-refractivity contribution in [2.45, 2.75) is 40.2 Å². The molecule has 1 aliphatic heterocycles. The topological polar surface area (TPSA) is 68.1 Å². The summed E-state index contributed by atoms with van der Waals surface area (Å²) >= 11 is 0. The summed E-state index contributed by atoms with van der Waals surface area (Å²) in [6, 6.07) is 3.57. The molecule has 0 N–H and O–H groups in total. The zero-order chi connectivity index (χ0) is 17.3. The van der Waals surface area contributed by atoms with Crippen LogP contribution in [0.5, 0.6) is 0 Å². The number of hydrogen-bond acceptors (Lipinski definition) is 4. The van der Waals surface area contributed by atoms with Gasteiger partial charge in [-0.05, 0) is 36.8 Å². The minimum absolute atomic E-state index is 0.0192. The van der Waals surface area contributed by atoms with Gasteiger partial charge >= 0.3 is 0 Å². The smallest absolute Gasteiger partial charge is 0.283 e. The van der Waals surface area contributed by atoms with Crippen molar-refractivity contribution in [2.75, 3.05) is 13.1 Å². The highest BCUT2D eigenvalue weighted by Gasteiger charge is 2.26. The van der Waals surface area contributed by atoms with E-state index in [1.54, 1.807) is 27.8 Å². The molecule has 0 atom stereocenters. The summed E-state index contributed by atoms with van der Waals surface area (Å²) in [5.41, 5.74) is 0.815. The van der Waals surface area contributed by atoms with Gasteiger partial charge in [-0.3, -0.25) is 14.2 Å². The van der Waals surface area contributed by atoms with E-state index in [2.05, 4.69) is 16.9 Å². The molecule has 0 bridgehead atoms. The highest BCUT2D eigenvalue weighted by molar-refractivity contribution is 5.93. The van der Waals surface area contributed by atoms with E-state index in [9.17, 15) is 9.59 Å². The fourth-order valence-corrected chi connectivity index (χ4v) is 3.11. The zero-order valence-corrected chi connectivity index (χ0v) is 14.5. The maximum atomic E-state index is 12.9. The average Bonchev–Trinajstić information content (AvgIpc) is 2.57. The largest absolute Gasteiger partial charge is 0.337 e. The number of piperidine rings is 1. The van der Waals surface area contributed by atoms with Crippen molar-refractivity contribution in [1.82, 2.24) is 19.4 Å². The van der Waals surface area contributed by atoms with Crippen LogP contribution in [0.25, 0.3) is 11.2 Å². The molecule has 0 unspecified atom stereocenters. The van der Waals surface area contributed by atoms with Gasteiger partial charge in [0.2, 0.25) is 0 Å². The van der Waals surface area contributed by atoms with E-state index < -0.39 is 0 Å². The van der Waals surface area contributed by atoms with Gasteiger partial charge in [0.1, 0.15) is 5.52 Å². The fourth-order valence-electron chi connectivity index (χ4n) is 3.11. The molecular weight excluding hydrogens is 304 g/mol. The van der Waals surface area contributed by atoms with E-state index in [0.29, 0.717) is 36.7 Å². The quantitative estimate of drug-likeness (QED) is 0.867. The van der Waals surface area contributed by atoms with Crippen LogP contribution in [0.3, 0.4) is 0 Å². The molecule has 2 aromatic heterocycles. The van der Waals surface area contributed by atoms with Crippen LogP contribution >= 0.6 is 0 Å². The SMILES string of the molecule is CC(C)Cn1c(=O)c(C(=O)N2CCC(C)CC2)nc2cccnc21. The first-order valence-corrected chi connectivity index (χ1v) is 8.62. The van der Waals surface area contributed by atoms with Gasteiger partial charge in [0.25, 0.3) is 11.5 Å². The first-order valence-electron chi connectivity index (χ1n) is 8.62. The summed E-state index contributed by atoms with van der Waals surface area (Å²) in [5, 5.41) is 0. The lowest BCUT2D eigenvalue weighted by Gasteiger charge is -2.30. The monoisotopic (exact) mass is 328 g/mol. The van der Waals surface area contributed by atoms with Crippen LogP contribution in [0, 0.1) is 11.8 Å². The second-order valence-corrected chi connectivity index (χ2v) is 7.09. The molecule has 0 saturated carbocycles. The van der Waals surface area contributed by atoms with Crippen LogP contribution in [0.1, 0.15) is 44.1 Å². The Bertz CT molecular complexity index is 804. The van der Waals surface area contributed by atoms with Crippen molar-refractivity contribution in [2.24, 2.45) is 11.8 Å². The molecule has 2 aromatic rings. The summed E-state index contributed by atoms with van der Waals surface area (Å²) in [7, 11) is 0. The van der Waals surface area contributed by atoms with Gasteiger partial charge in [-0.25, -0.2) is 9.97 Å². The van der Waals surface area contributed by atoms with Crippen LogP contribution in [-0.4, -0.2) is 38.4 Å². The van der Waals surface area contributed by atoms with Crippen LogP contribution in [0.4, 0.5) is 0 Å². The Labute approximate surface area is 141 Å². The number of pyridine rings is 1. The van der Waals surface area contributed by atoms with Gasteiger partial charge in [-0.1, -0.05) is 20.8 Å². The predicted molar refractivity (Wildman–Crippen MR) is 92.9 cm³/mol. The first-order chi connectivity index (χ1) is 11.5. The molecule has 3 heterocycles. The standard InChI is InChI=1S/C18H24N4O2/c1-12(2)11-22-16-14(5-4-8-19-16)20-15(18(22)24)17(23)21-9-6-13(3)7-10-21/h4-5,8,12-13H,6-7,9-11H2,1-3H3. The van der Waals surface area contributed by atoms with E-state index in [1.165, 1.54) is 0 Å². The van der Waals surface area contributed by atoms with Gasteiger partial charge < -0.3 is 4.90 Å². The molecular formula is C18H24N4O2. The summed E-state index contributed by atoms with van der Waals surface area (Å²) in [5.74, 6) is 0.643. The van der Waals surface area contributed by atoms with E-state index in [4.69, 9.17) is 0 Å². The van der Waals surface area contributed by atoms with E-state index >= 15 is 0 Å². The van der Waals surface area contributed by atoms with E-state index in [0.717, 1.165) is 12.8 Å². The van der Waals surface area contributed by atoms with Crippen LogP contribution in [0.15, 0.2) is 23.1 Å². The van der Waals surface area contributed by atoms with Crippen LogP contribution in [-0.2, 0) is 6.54 Å². The molecule has 128 valence electrons. The van der Waals surface area contributed by atoms with Crippen molar-refractivity contribution >= 4 is 17.1 Å².